The van der Waals surface area contributed by atoms with Crippen molar-refractivity contribution in [3.63, 3.8) is 0 Å². The highest BCUT2D eigenvalue weighted by Crippen LogP contribution is 2.28. The van der Waals surface area contributed by atoms with Crippen molar-refractivity contribution < 1.29 is 13.9 Å². The van der Waals surface area contributed by atoms with E-state index in [1.807, 2.05) is 20.8 Å². The Morgan fingerprint density at radius 2 is 1.92 bits per heavy atom. The zero-order chi connectivity index (χ0) is 18.4. The van der Waals surface area contributed by atoms with Gasteiger partial charge in [0.2, 0.25) is 5.89 Å². The van der Waals surface area contributed by atoms with Crippen LogP contribution in [-0.2, 0) is 29.0 Å². The quantitative estimate of drug-likeness (QED) is 0.740. The second kappa shape index (κ2) is 8.30. The molecular formula is C20H28N2O3. The smallest absolute Gasteiger partial charge is 0.311 e. The van der Waals surface area contributed by atoms with E-state index >= 15 is 0 Å². The number of aromatic nitrogens is 1. The van der Waals surface area contributed by atoms with Gasteiger partial charge in [-0.1, -0.05) is 12.1 Å². The summed E-state index contributed by atoms with van der Waals surface area (Å²) in [6.45, 7) is 11.7. The molecule has 0 spiro atoms. The molecule has 0 radical (unpaired) electrons. The molecule has 0 unspecified atom stereocenters. The number of nitrogens with zero attached hydrogens (tertiary/aromatic N) is 1. The van der Waals surface area contributed by atoms with Gasteiger partial charge in [-0.05, 0) is 63.3 Å². The van der Waals surface area contributed by atoms with Gasteiger partial charge in [0.05, 0.1) is 24.8 Å². The summed E-state index contributed by atoms with van der Waals surface area (Å²) in [6, 6.07) is 4.35. The van der Waals surface area contributed by atoms with Gasteiger partial charge in [-0.15, -0.1) is 0 Å². The van der Waals surface area contributed by atoms with Gasteiger partial charge < -0.3 is 14.5 Å². The van der Waals surface area contributed by atoms with Gasteiger partial charge in [0, 0.05) is 6.54 Å². The summed E-state index contributed by atoms with van der Waals surface area (Å²) in [5.74, 6) is 0.534. The predicted octanol–water partition coefficient (Wildman–Crippen LogP) is 3.71. The molecule has 2 aromatic rings. The molecule has 1 N–H and O–H groups in total. The highest BCUT2D eigenvalue weighted by atomic mass is 16.5. The van der Waals surface area contributed by atoms with Gasteiger partial charge in [0.1, 0.15) is 6.26 Å². The van der Waals surface area contributed by atoms with E-state index < -0.39 is 5.41 Å². The largest absolute Gasteiger partial charge is 0.466 e. The third kappa shape index (κ3) is 5.16. The molecule has 0 saturated carbocycles. The molecule has 0 fully saturated rings. The molecular weight excluding hydrogens is 316 g/mol. The minimum atomic E-state index is -0.531. The van der Waals surface area contributed by atoms with Crippen molar-refractivity contribution in [3.05, 3.63) is 52.7 Å². The van der Waals surface area contributed by atoms with Crippen LogP contribution in [0.1, 0.15) is 48.9 Å². The first kappa shape index (κ1) is 19.2. The number of benzene rings is 1. The minimum absolute atomic E-state index is 0.148. The molecule has 1 aromatic heterocycles. The van der Waals surface area contributed by atoms with Crippen molar-refractivity contribution in [1.82, 2.24) is 10.3 Å². The van der Waals surface area contributed by atoms with Crippen LogP contribution in [0.15, 0.2) is 29.0 Å². The average molecular weight is 344 g/mol. The molecule has 136 valence electrons. The summed E-state index contributed by atoms with van der Waals surface area (Å²) in [6.07, 6.45) is 3.89. The Bertz CT molecular complexity index is 683. The number of carbonyl (C=O) groups is 1. The van der Waals surface area contributed by atoms with Crippen LogP contribution in [0.2, 0.25) is 0 Å². The van der Waals surface area contributed by atoms with Crippen LogP contribution >= 0.6 is 0 Å². The van der Waals surface area contributed by atoms with E-state index in [9.17, 15) is 4.79 Å². The number of hydrogen-bond donors (Lipinski definition) is 1. The second-order valence-electron chi connectivity index (χ2n) is 7.02. The fourth-order valence-corrected chi connectivity index (χ4v) is 2.96. The fourth-order valence-electron chi connectivity index (χ4n) is 2.96. The van der Waals surface area contributed by atoms with E-state index in [0.717, 1.165) is 6.54 Å². The average Bonchev–Trinajstić information content (AvgIpc) is 3.04. The van der Waals surface area contributed by atoms with Crippen LogP contribution in [0.25, 0.3) is 0 Å². The molecule has 5 heteroatoms. The zero-order valence-corrected chi connectivity index (χ0v) is 15.8. The zero-order valence-electron chi connectivity index (χ0n) is 15.8. The van der Waals surface area contributed by atoms with Gasteiger partial charge in [0.25, 0.3) is 0 Å². The van der Waals surface area contributed by atoms with Gasteiger partial charge in [-0.2, -0.15) is 0 Å². The summed E-state index contributed by atoms with van der Waals surface area (Å²) in [4.78, 5) is 16.3. The van der Waals surface area contributed by atoms with E-state index in [4.69, 9.17) is 9.15 Å². The molecule has 1 heterocycles. The van der Waals surface area contributed by atoms with E-state index in [0.29, 0.717) is 25.5 Å². The molecule has 2 rings (SSSR count). The van der Waals surface area contributed by atoms with Gasteiger partial charge in [-0.3, -0.25) is 4.79 Å². The van der Waals surface area contributed by atoms with Crippen LogP contribution in [0.4, 0.5) is 0 Å². The fraction of sp³-hybridized carbons (Fsp3) is 0.500. The number of rotatable bonds is 8. The first-order valence-corrected chi connectivity index (χ1v) is 8.69. The summed E-state index contributed by atoms with van der Waals surface area (Å²) in [5.41, 5.74) is 4.29. The van der Waals surface area contributed by atoms with Crippen LogP contribution in [0, 0.1) is 19.3 Å². The molecule has 0 saturated heterocycles. The molecule has 0 bridgehead atoms. The monoisotopic (exact) mass is 344 g/mol. The normalized spacial score (nSPS) is 11.6. The Morgan fingerprint density at radius 1 is 1.24 bits per heavy atom. The number of esters is 1. The minimum Gasteiger partial charge on any atom is -0.466 e. The lowest BCUT2D eigenvalue weighted by molar-refractivity contribution is -0.153. The van der Waals surface area contributed by atoms with Crippen molar-refractivity contribution in [2.75, 3.05) is 6.61 Å². The maximum absolute atomic E-state index is 12.2. The standard InChI is InChI=1S/C20H28N2O3/c1-6-24-19(23)20(4,5)11-17-14(2)9-16(10-15(17)3)12-21-13-18-22-7-8-25-18/h7-10,21H,6,11-13H2,1-5H3. The molecule has 0 aliphatic carbocycles. The summed E-state index contributed by atoms with van der Waals surface area (Å²) < 4.78 is 10.4. The van der Waals surface area contributed by atoms with Gasteiger partial charge >= 0.3 is 5.97 Å². The summed E-state index contributed by atoms with van der Waals surface area (Å²) >= 11 is 0. The summed E-state index contributed by atoms with van der Waals surface area (Å²) in [5, 5.41) is 3.33. The highest BCUT2D eigenvalue weighted by molar-refractivity contribution is 5.76. The lowest BCUT2D eigenvalue weighted by Gasteiger charge is -2.24. The number of oxazole rings is 1. The number of ether oxygens (including phenoxy) is 1. The maximum Gasteiger partial charge on any atom is 0.311 e. The van der Waals surface area contributed by atoms with E-state index in [-0.39, 0.29) is 5.97 Å². The molecule has 0 amide bonds. The third-order valence-corrected chi connectivity index (χ3v) is 4.29. The molecule has 0 atom stereocenters. The third-order valence-electron chi connectivity index (χ3n) is 4.29. The molecule has 1 aromatic carbocycles. The van der Waals surface area contributed by atoms with Gasteiger partial charge in [-0.25, -0.2) is 4.98 Å². The Morgan fingerprint density at radius 3 is 2.48 bits per heavy atom. The van der Waals surface area contributed by atoms with Crippen molar-refractivity contribution in [1.29, 1.82) is 0 Å². The first-order chi connectivity index (χ1) is 11.8. The molecule has 0 aliphatic rings. The molecule has 25 heavy (non-hydrogen) atoms. The number of carbonyl (C=O) groups excluding carboxylic acids is 1. The van der Waals surface area contributed by atoms with Crippen molar-refractivity contribution in [2.24, 2.45) is 5.41 Å². The van der Waals surface area contributed by atoms with Crippen molar-refractivity contribution in [2.45, 2.75) is 54.1 Å². The first-order valence-electron chi connectivity index (χ1n) is 8.69. The van der Waals surface area contributed by atoms with Gasteiger partial charge in [0.15, 0.2) is 0 Å². The van der Waals surface area contributed by atoms with E-state index in [1.165, 1.54) is 22.3 Å². The van der Waals surface area contributed by atoms with Crippen LogP contribution in [-0.4, -0.2) is 17.6 Å². The lowest BCUT2D eigenvalue weighted by atomic mass is 9.82. The topological polar surface area (TPSA) is 64.4 Å². The van der Waals surface area contributed by atoms with Crippen LogP contribution in [0.3, 0.4) is 0 Å². The van der Waals surface area contributed by atoms with E-state index in [1.54, 1.807) is 12.5 Å². The van der Waals surface area contributed by atoms with Crippen LogP contribution in [0.5, 0.6) is 0 Å². The molecule has 5 nitrogen and oxygen atoms in total. The van der Waals surface area contributed by atoms with Crippen molar-refractivity contribution in [3.8, 4) is 0 Å². The second-order valence-corrected chi connectivity index (χ2v) is 7.02. The maximum atomic E-state index is 12.2. The SMILES string of the molecule is CCOC(=O)C(C)(C)Cc1c(C)cc(CNCc2ncco2)cc1C. The predicted molar refractivity (Wildman–Crippen MR) is 97.1 cm³/mol. The van der Waals surface area contributed by atoms with Crippen LogP contribution < -0.4 is 5.32 Å². The Balaban J connectivity index is 2.04. The Kier molecular flexibility index (Phi) is 6.37. The Hall–Kier alpha value is -2.14. The van der Waals surface area contributed by atoms with Crippen molar-refractivity contribution >= 4 is 5.97 Å². The lowest BCUT2D eigenvalue weighted by Crippen LogP contribution is -2.29. The summed E-state index contributed by atoms with van der Waals surface area (Å²) in [7, 11) is 0. The molecule has 0 aliphatic heterocycles. The highest BCUT2D eigenvalue weighted by Gasteiger charge is 2.30. The van der Waals surface area contributed by atoms with E-state index in [2.05, 4.69) is 36.3 Å². The Labute approximate surface area is 149 Å². The number of hydrogen-bond acceptors (Lipinski definition) is 5. The number of aryl methyl sites for hydroxylation is 2. The number of nitrogens with one attached hydrogen (secondary N) is 1.